The van der Waals surface area contributed by atoms with Crippen LogP contribution >= 0.6 is 0 Å². The minimum Gasteiger partial charge on any atom is -0.0885 e. The zero-order chi connectivity index (χ0) is 10.5. The van der Waals surface area contributed by atoms with Gasteiger partial charge in [0.25, 0.3) is 0 Å². The second-order valence-electron chi connectivity index (χ2n) is 4.02. The zero-order valence-corrected chi connectivity index (χ0v) is 9.93. The Morgan fingerprint density at radius 2 is 1.36 bits per heavy atom. The molecule has 0 amide bonds. The first kappa shape index (κ1) is 13.7. The van der Waals surface area contributed by atoms with Gasteiger partial charge in [-0.3, -0.25) is 0 Å². The number of unbranched alkanes of at least 4 members (excludes halogenated alkanes) is 8. The minimum atomic E-state index is 1.11. The van der Waals surface area contributed by atoms with Gasteiger partial charge >= 0.3 is 0 Å². The van der Waals surface area contributed by atoms with Crippen molar-refractivity contribution in [1.29, 1.82) is 0 Å². The number of rotatable bonds is 10. The van der Waals surface area contributed by atoms with Crippen molar-refractivity contribution < 1.29 is 0 Å². The van der Waals surface area contributed by atoms with Crippen LogP contribution in [-0.4, -0.2) is 0 Å². The molecule has 14 heavy (non-hydrogen) atoms. The van der Waals surface area contributed by atoms with E-state index in [9.17, 15) is 0 Å². The third-order valence-corrected chi connectivity index (χ3v) is 2.49. The lowest BCUT2D eigenvalue weighted by atomic mass is 10.1. The highest BCUT2D eigenvalue weighted by Gasteiger charge is 1.88. The molecule has 0 saturated carbocycles. The summed E-state index contributed by atoms with van der Waals surface area (Å²) < 4.78 is 0. The summed E-state index contributed by atoms with van der Waals surface area (Å²) in [5.74, 6) is 0. The van der Waals surface area contributed by atoms with Crippen LogP contribution in [0.4, 0.5) is 0 Å². The van der Waals surface area contributed by atoms with E-state index in [4.69, 9.17) is 0 Å². The highest BCUT2D eigenvalue weighted by molar-refractivity contribution is 4.80. The van der Waals surface area contributed by atoms with E-state index < -0.39 is 0 Å². The van der Waals surface area contributed by atoms with E-state index in [1.165, 1.54) is 57.8 Å². The van der Waals surface area contributed by atoms with Gasteiger partial charge in [0, 0.05) is 0 Å². The van der Waals surface area contributed by atoms with Crippen molar-refractivity contribution in [3.8, 4) is 0 Å². The molecule has 0 fully saturated rings. The van der Waals surface area contributed by atoms with Gasteiger partial charge in [-0.25, -0.2) is 0 Å². The van der Waals surface area contributed by atoms with Gasteiger partial charge < -0.3 is 0 Å². The molecule has 0 aliphatic rings. The Morgan fingerprint density at radius 1 is 0.786 bits per heavy atom. The summed E-state index contributed by atoms with van der Waals surface area (Å²) >= 11 is 0. The van der Waals surface area contributed by atoms with Crippen molar-refractivity contribution in [3.63, 3.8) is 0 Å². The van der Waals surface area contributed by atoms with E-state index in [0.717, 1.165) is 6.42 Å². The van der Waals surface area contributed by atoms with Gasteiger partial charge in [-0.2, -0.15) is 0 Å². The molecule has 0 aromatic carbocycles. The SMILES string of the molecule is [CH2]CCCCCCCC/C=C/CCC. The van der Waals surface area contributed by atoms with E-state index in [-0.39, 0.29) is 0 Å². The third kappa shape index (κ3) is 11.7. The molecule has 0 heterocycles. The lowest BCUT2D eigenvalue weighted by Gasteiger charge is -1.98. The Labute approximate surface area is 90.8 Å². The summed E-state index contributed by atoms with van der Waals surface area (Å²) in [6.07, 6.45) is 17.9. The normalized spacial score (nSPS) is 11.3. The molecule has 0 aromatic rings. The maximum atomic E-state index is 3.85. The van der Waals surface area contributed by atoms with Gasteiger partial charge in [0.2, 0.25) is 0 Å². The first-order valence-electron chi connectivity index (χ1n) is 6.36. The lowest BCUT2D eigenvalue weighted by molar-refractivity contribution is 0.599. The molecular formula is C14H27. The van der Waals surface area contributed by atoms with Crippen molar-refractivity contribution in [3.05, 3.63) is 19.1 Å². The number of hydrogen-bond donors (Lipinski definition) is 0. The molecule has 0 unspecified atom stereocenters. The Hall–Kier alpha value is -0.260. The van der Waals surface area contributed by atoms with Crippen LogP contribution in [0.3, 0.4) is 0 Å². The summed E-state index contributed by atoms with van der Waals surface area (Å²) in [5, 5.41) is 0. The minimum absolute atomic E-state index is 1.11. The van der Waals surface area contributed by atoms with E-state index in [2.05, 4.69) is 26.0 Å². The van der Waals surface area contributed by atoms with Crippen LogP contribution in [-0.2, 0) is 0 Å². The lowest BCUT2D eigenvalue weighted by Crippen LogP contribution is -1.78. The predicted octanol–water partition coefficient (Wildman–Crippen LogP) is 5.30. The van der Waals surface area contributed by atoms with E-state index >= 15 is 0 Å². The highest BCUT2D eigenvalue weighted by Crippen LogP contribution is 2.08. The van der Waals surface area contributed by atoms with Gasteiger partial charge in [0.05, 0.1) is 0 Å². The van der Waals surface area contributed by atoms with Crippen molar-refractivity contribution in [1.82, 2.24) is 0 Å². The van der Waals surface area contributed by atoms with E-state index in [1.54, 1.807) is 0 Å². The van der Waals surface area contributed by atoms with Gasteiger partial charge in [-0.1, -0.05) is 70.9 Å². The van der Waals surface area contributed by atoms with Crippen LogP contribution < -0.4 is 0 Å². The van der Waals surface area contributed by atoms with Gasteiger partial charge in [-0.15, -0.1) is 0 Å². The van der Waals surface area contributed by atoms with Crippen LogP contribution in [0.1, 0.15) is 71.1 Å². The average Bonchev–Trinajstić information content (AvgIpc) is 2.21. The molecule has 0 aliphatic heterocycles. The van der Waals surface area contributed by atoms with Crippen LogP contribution in [0.2, 0.25) is 0 Å². The topological polar surface area (TPSA) is 0 Å². The fourth-order valence-corrected chi connectivity index (χ4v) is 1.55. The molecule has 0 saturated heterocycles. The smallest absolute Gasteiger partial charge is 0.0351 e. The molecule has 0 N–H and O–H groups in total. The number of hydrogen-bond acceptors (Lipinski definition) is 0. The molecule has 0 atom stereocenters. The van der Waals surface area contributed by atoms with Crippen LogP contribution in [0.5, 0.6) is 0 Å². The van der Waals surface area contributed by atoms with Crippen molar-refractivity contribution in [2.75, 3.05) is 0 Å². The Kier molecular flexibility index (Phi) is 12.5. The Balaban J connectivity index is 2.91. The second kappa shape index (κ2) is 12.7. The maximum Gasteiger partial charge on any atom is -0.0351 e. The quantitative estimate of drug-likeness (QED) is 0.328. The first-order chi connectivity index (χ1) is 6.91. The largest absolute Gasteiger partial charge is 0.0885 e. The van der Waals surface area contributed by atoms with Crippen molar-refractivity contribution in [2.45, 2.75) is 71.1 Å². The monoisotopic (exact) mass is 195 g/mol. The molecular weight excluding hydrogens is 168 g/mol. The molecule has 0 nitrogen and oxygen atoms in total. The Bertz CT molecular complexity index is 113. The average molecular weight is 195 g/mol. The highest BCUT2D eigenvalue weighted by atomic mass is 13.9. The molecule has 0 aromatic heterocycles. The summed E-state index contributed by atoms with van der Waals surface area (Å²) in [4.78, 5) is 0. The molecule has 0 rings (SSSR count). The molecule has 0 heteroatoms. The summed E-state index contributed by atoms with van der Waals surface area (Å²) in [6, 6.07) is 0. The van der Waals surface area contributed by atoms with Gasteiger partial charge in [-0.05, 0) is 19.3 Å². The fourth-order valence-electron chi connectivity index (χ4n) is 1.55. The summed E-state index contributed by atoms with van der Waals surface area (Å²) in [6.45, 7) is 6.08. The number of allylic oxidation sites excluding steroid dienone is 2. The molecule has 1 radical (unpaired) electrons. The summed E-state index contributed by atoms with van der Waals surface area (Å²) in [7, 11) is 0. The fraction of sp³-hybridized carbons (Fsp3) is 0.786. The Morgan fingerprint density at radius 3 is 2.00 bits per heavy atom. The van der Waals surface area contributed by atoms with E-state index in [1.807, 2.05) is 0 Å². The predicted molar refractivity (Wildman–Crippen MR) is 66.3 cm³/mol. The molecule has 83 valence electrons. The zero-order valence-electron chi connectivity index (χ0n) is 9.93. The van der Waals surface area contributed by atoms with Gasteiger partial charge in [0.15, 0.2) is 0 Å². The first-order valence-corrected chi connectivity index (χ1v) is 6.36. The van der Waals surface area contributed by atoms with Crippen LogP contribution in [0.25, 0.3) is 0 Å². The summed E-state index contributed by atoms with van der Waals surface area (Å²) in [5.41, 5.74) is 0. The van der Waals surface area contributed by atoms with Crippen LogP contribution in [0, 0.1) is 6.92 Å². The maximum absolute atomic E-state index is 3.85. The van der Waals surface area contributed by atoms with Gasteiger partial charge in [0.1, 0.15) is 0 Å². The molecule has 0 spiro atoms. The molecule has 0 aliphatic carbocycles. The van der Waals surface area contributed by atoms with Crippen molar-refractivity contribution >= 4 is 0 Å². The second-order valence-corrected chi connectivity index (χ2v) is 4.02. The van der Waals surface area contributed by atoms with Crippen molar-refractivity contribution in [2.24, 2.45) is 0 Å². The van der Waals surface area contributed by atoms with Crippen LogP contribution in [0.15, 0.2) is 12.2 Å². The van der Waals surface area contributed by atoms with E-state index in [0.29, 0.717) is 0 Å². The third-order valence-electron chi connectivity index (χ3n) is 2.49. The standard InChI is InChI=1S/C14H27/c1-3-5-7-9-11-13-14-12-10-8-6-4-2/h8,10H,1,3-7,9,11-14H2,2H3/b10-8+. The molecule has 0 bridgehead atoms.